The smallest absolute Gasteiger partial charge is 0.322 e. The van der Waals surface area contributed by atoms with Crippen molar-refractivity contribution in [2.45, 2.75) is 24.6 Å². The number of rotatable bonds is 6. The Labute approximate surface area is 157 Å². The number of amides is 4. The van der Waals surface area contributed by atoms with Gasteiger partial charge in [0.2, 0.25) is 15.9 Å². The Morgan fingerprint density at radius 1 is 1.07 bits per heavy atom. The van der Waals surface area contributed by atoms with Crippen molar-refractivity contribution in [3.8, 4) is 0 Å². The van der Waals surface area contributed by atoms with Crippen molar-refractivity contribution < 1.29 is 22.8 Å². The van der Waals surface area contributed by atoms with Crippen molar-refractivity contribution in [1.29, 1.82) is 0 Å². The van der Waals surface area contributed by atoms with Gasteiger partial charge in [-0.05, 0) is 12.0 Å². The number of imide groups is 1. The summed E-state index contributed by atoms with van der Waals surface area (Å²) in [5, 5.41) is 4.58. The second-order valence-corrected chi connectivity index (χ2v) is 8.54. The molecule has 0 aromatic heterocycles. The number of nitrogens with one attached hydrogen (secondary N) is 2. The van der Waals surface area contributed by atoms with E-state index in [9.17, 15) is 22.8 Å². The predicted molar refractivity (Wildman–Crippen MR) is 96.9 cm³/mol. The summed E-state index contributed by atoms with van der Waals surface area (Å²) in [6.07, 6.45) is 0.345. The van der Waals surface area contributed by atoms with E-state index in [0.717, 1.165) is 5.56 Å². The average Bonchev–Trinajstić information content (AvgIpc) is 2.97. The molecule has 0 radical (unpaired) electrons. The molecule has 10 heteroatoms. The molecule has 2 fully saturated rings. The number of urea groups is 1. The van der Waals surface area contributed by atoms with Gasteiger partial charge in [-0.2, -0.15) is 4.31 Å². The highest BCUT2D eigenvalue weighted by Crippen LogP contribution is 2.15. The van der Waals surface area contributed by atoms with Gasteiger partial charge in [-0.15, -0.1) is 0 Å². The summed E-state index contributed by atoms with van der Waals surface area (Å²) in [7, 11) is -3.43. The molecule has 2 N–H and O–H groups in total. The van der Waals surface area contributed by atoms with Crippen LogP contribution in [-0.2, 0) is 25.4 Å². The molecule has 0 aliphatic carbocycles. The third kappa shape index (κ3) is 4.83. The van der Waals surface area contributed by atoms with Gasteiger partial charge in [0.05, 0.1) is 5.75 Å². The SMILES string of the molecule is O=C1NC(=O)[C@@H](CCC(=O)N2CCN(S(=O)(=O)Cc3ccccc3)CC2)N1. The van der Waals surface area contributed by atoms with Crippen LogP contribution in [0.25, 0.3) is 0 Å². The van der Waals surface area contributed by atoms with E-state index in [1.165, 1.54) is 4.31 Å². The van der Waals surface area contributed by atoms with Gasteiger partial charge in [-0.1, -0.05) is 30.3 Å². The molecule has 1 aromatic rings. The zero-order valence-corrected chi connectivity index (χ0v) is 15.6. The van der Waals surface area contributed by atoms with Gasteiger partial charge in [0.25, 0.3) is 5.91 Å². The maximum Gasteiger partial charge on any atom is 0.322 e. The molecular weight excluding hydrogens is 372 g/mol. The van der Waals surface area contributed by atoms with Crippen LogP contribution in [0.15, 0.2) is 30.3 Å². The minimum absolute atomic E-state index is 0.0573. The molecule has 4 amide bonds. The molecular formula is C17H22N4O5S. The molecule has 2 aliphatic heterocycles. The number of hydrogen-bond donors (Lipinski definition) is 2. The summed E-state index contributed by atoms with van der Waals surface area (Å²) < 4.78 is 26.5. The van der Waals surface area contributed by atoms with E-state index in [1.54, 1.807) is 29.2 Å². The first-order valence-electron chi connectivity index (χ1n) is 8.76. The molecule has 2 aliphatic rings. The maximum absolute atomic E-state index is 12.5. The number of carbonyl (C=O) groups is 3. The molecule has 2 heterocycles. The van der Waals surface area contributed by atoms with Crippen LogP contribution >= 0.6 is 0 Å². The van der Waals surface area contributed by atoms with Gasteiger partial charge in [0, 0.05) is 32.6 Å². The second kappa shape index (κ2) is 8.05. The number of piperazine rings is 1. The Bertz CT molecular complexity index is 819. The van der Waals surface area contributed by atoms with Crippen molar-refractivity contribution in [3.05, 3.63) is 35.9 Å². The minimum Gasteiger partial charge on any atom is -0.340 e. The summed E-state index contributed by atoms with van der Waals surface area (Å²) in [5.41, 5.74) is 0.730. The van der Waals surface area contributed by atoms with E-state index in [2.05, 4.69) is 10.6 Å². The monoisotopic (exact) mass is 394 g/mol. The van der Waals surface area contributed by atoms with Crippen molar-refractivity contribution >= 4 is 27.9 Å². The molecule has 3 rings (SSSR count). The van der Waals surface area contributed by atoms with Crippen molar-refractivity contribution in [3.63, 3.8) is 0 Å². The van der Waals surface area contributed by atoms with Gasteiger partial charge >= 0.3 is 6.03 Å². The van der Waals surface area contributed by atoms with Crippen molar-refractivity contribution in [1.82, 2.24) is 19.8 Å². The number of sulfonamides is 1. The zero-order valence-electron chi connectivity index (χ0n) is 14.8. The lowest BCUT2D eigenvalue weighted by atomic mass is 10.1. The maximum atomic E-state index is 12.5. The Morgan fingerprint density at radius 3 is 2.33 bits per heavy atom. The van der Waals surface area contributed by atoms with E-state index < -0.39 is 28.0 Å². The topological polar surface area (TPSA) is 116 Å². The molecule has 146 valence electrons. The van der Waals surface area contributed by atoms with Crippen LogP contribution in [-0.4, -0.2) is 67.7 Å². The first-order chi connectivity index (χ1) is 12.8. The molecule has 27 heavy (non-hydrogen) atoms. The van der Waals surface area contributed by atoms with Crippen LogP contribution in [0.5, 0.6) is 0 Å². The quantitative estimate of drug-likeness (QED) is 0.640. The summed E-state index contributed by atoms with van der Waals surface area (Å²) in [6.45, 7) is 1.13. The lowest BCUT2D eigenvalue weighted by Gasteiger charge is -2.34. The Hall–Kier alpha value is -2.46. The lowest BCUT2D eigenvalue weighted by Crippen LogP contribution is -2.51. The summed E-state index contributed by atoms with van der Waals surface area (Å²) in [5.74, 6) is -0.633. The summed E-state index contributed by atoms with van der Waals surface area (Å²) >= 11 is 0. The third-order valence-electron chi connectivity index (χ3n) is 4.68. The molecule has 2 saturated heterocycles. The zero-order chi connectivity index (χ0) is 19.4. The highest BCUT2D eigenvalue weighted by atomic mass is 32.2. The summed E-state index contributed by atoms with van der Waals surface area (Å²) in [6, 6.07) is 7.75. The highest BCUT2D eigenvalue weighted by Gasteiger charge is 2.32. The largest absolute Gasteiger partial charge is 0.340 e. The van der Waals surface area contributed by atoms with E-state index in [1.807, 2.05) is 6.07 Å². The number of hydrogen-bond acceptors (Lipinski definition) is 5. The van der Waals surface area contributed by atoms with Crippen LogP contribution in [0, 0.1) is 0 Å². The predicted octanol–water partition coefficient (Wildman–Crippen LogP) is -0.351. The fraction of sp³-hybridized carbons (Fsp3) is 0.471. The van der Waals surface area contributed by atoms with Gasteiger partial charge in [-0.3, -0.25) is 14.9 Å². The second-order valence-electron chi connectivity index (χ2n) is 6.58. The van der Waals surface area contributed by atoms with E-state index in [4.69, 9.17) is 0 Å². The minimum atomic E-state index is -3.43. The highest BCUT2D eigenvalue weighted by molar-refractivity contribution is 7.88. The number of nitrogens with zero attached hydrogens (tertiary/aromatic N) is 2. The Kier molecular flexibility index (Phi) is 5.76. The molecule has 1 atom stereocenters. The fourth-order valence-electron chi connectivity index (χ4n) is 3.18. The lowest BCUT2D eigenvalue weighted by molar-refractivity contribution is -0.132. The van der Waals surface area contributed by atoms with E-state index >= 15 is 0 Å². The molecule has 0 saturated carbocycles. The first-order valence-corrected chi connectivity index (χ1v) is 10.4. The molecule has 0 unspecified atom stereocenters. The molecule has 9 nitrogen and oxygen atoms in total. The number of benzene rings is 1. The average molecular weight is 394 g/mol. The number of carbonyl (C=O) groups excluding carboxylic acids is 3. The van der Waals surface area contributed by atoms with Crippen LogP contribution in [0.2, 0.25) is 0 Å². The van der Waals surface area contributed by atoms with Crippen LogP contribution < -0.4 is 10.6 Å². The molecule has 0 spiro atoms. The van der Waals surface area contributed by atoms with Gasteiger partial charge in [-0.25, -0.2) is 13.2 Å². The van der Waals surface area contributed by atoms with Gasteiger partial charge in [0.15, 0.2) is 0 Å². The van der Waals surface area contributed by atoms with Crippen LogP contribution in [0.1, 0.15) is 18.4 Å². The van der Waals surface area contributed by atoms with Crippen LogP contribution in [0.4, 0.5) is 4.79 Å². The van der Waals surface area contributed by atoms with Gasteiger partial charge in [0.1, 0.15) is 6.04 Å². The Balaban J connectivity index is 1.47. The van der Waals surface area contributed by atoms with Crippen molar-refractivity contribution in [2.24, 2.45) is 0 Å². The standard InChI is InChI=1S/C17H22N4O5S/c22-15(7-6-14-16(23)19-17(24)18-14)20-8-10-21(11-9-20)27(25,26)12-13-4-2-1-3-5-13/h1-5,14H,6-12H2,(H2,18,19,23,24)/t14-/m1/s1. The van der Waals surface area contributed by atoms with E-state index in [0.29, 0.717) is 13.1 Å². The van der Waals surface area contributed by atoms with Crippen LogP contribution in [0.3, 0.4) is 0 Å². The molecule has 0 bridgehead atoms. The van der Waals surface area contributed by atoms with Gasteiger partial charge < -0.3 is 10.2 Å². The van der Waals surface area contributed by atoms with Crippen molar-refractivity contribution in [2.75, 3.05) is 26.2 Å². The van der Waals surface area contributed by atoms with E-state index in [-0.39, 0.29) is 37.6 Å². The normalized spacial score (nSPS) is 21.0. The molecule has 1 aromatic carbocycles. The summed E-state index contributed by atoms with van der Waals surface area (Å²) in [4.78, 5) is 36.5. The third-order valence-corrected chi connectivity index (χ3v) is 6.53. The fourth-order valence-corrected chi connectivity index (χ4v) is 4.70. The first kappa shape index (κ1) is 19.3. The Morgan fingerprint density at radius 2 is 1.74 bits per heavy atom.